The van der Waals surface area contributed by atoms with Crippen LogP contribution in [0, 0.1) is 0 Å². The molecule has 1 aliphatic heterocycles. The van der Waals surface area contributed by atoms with E-state index in [1.165, 1.54) is 0 Å². The summed E-state index contributed by atoms with van der Waals surface area (Å²) in [5.41, 5.74) is 9.33. The van der Waals surface area contributed by atoms with Crippen molar-refractivity contribution in [2.24, 2.45) is 0 Å². The van der Waals surface area contributed by atoms with Crippen molar-refractivity contribution in [3.8, 4) is 11.5 Å². The first-order valence-electron chi connectivity index (χ1n) is 8.99. The van der Waals surface area contributed by atoms with Gasteiger partial charge in [0.25, 0.3) is 0 Å². The van der Waals surface area contributed by atoms with Gasteiger partial charge in [-0.1, -0.05) is 24.3 Å². The van der Waals surface area contributed by atoms with E-state index in [-0.39, 0.29) is 0 Å². The molecular formula is C20H21N3O5S. The topological polar surface area (TPSA) is 132 Å². The van der Waals surface area contributed by atoms with Gasteiger partial charge in [0, 0.05) is 28.6 Å². The van der Waals surface area contributed by atoms with Gasteiger partial charge in [-0.3, -0.25) is 4.55 Å². The Balaban J connectivity index is 0.000000431. The third-order valence-electron chi connectivity index (χ3n) is 4.54. The zero-order valence-corrected chi connectivity index (χ0v) is 16.8. The molecule has 3 N–H and O–H groups in total. The van der Waals surface area contributed by atoms with Gasteiger partial charge < -0.3 is 14.7 Å². The number of aromatic nitrogens is 1. The van der Waals surface area contributed by atoms with Gasteiger partial charge in [-0.05, 0) is 19.9 Å². The lowest BCUT2D eigenvalue weighted by Crippen LogP contribution is -2.29. The Labute approximate surface area is 167 Å². The quantitative estimate of drug-likeness (QED) is 0.128. The van der Waals surface area contributed by atoms with Crippen LogP contribution in [0.2, 0.25) is 0 Å². The van der Waals surface area contributed by atoms with E-state index < -0.39 is 10.4 Å². The van der Waals surface area contributed by atoms with Crippen LogP contribution in [0.3, 0.4) is 0 Å². The first-order valence-corrected chi connectivity index (χ1v) is 10.4. The van der Waals surface area contributed by atoms with E-state index in [4.69, 9.17) is 32.7 Å². The minimum atomic E-state index is -4.92. The molecule has 9 heteroatoms. The summed E-state index contributed by atoms with van der Waals surface area (Å²) in [5, 5.41) is 3.17. The van der Waals surface area contributed by atoms with Crippen LogP contribution in [0.25, 0.3) is 33.3 Å². The Morgan fingerprint density at radius 3 is 2.34 bits per heavy atom. The first kappa shape index (κ1) is 20.7. The highest BCUT2D eigenvalue weighted by Gasteiger charge is 2.14. The molecule has 1 aliphatic carbocycles. The van der Waals surface area contributed by atoms with E-state index in [2.05, 4.69) is 30.6 Å². The molecule has 8 nitrogen and oxygen atoms in total. The molecule has 0 spiro atoms. The third-order valence-corrected chi connectivity index (χ3v) is 4.54. The van der Waals surface area contributed by atoms with E-state index in [1.807, 2.05) is 36.4 Å². The van der Waals surface area contributed by atoms with Crippen molar-refractivity contribution in [2.75, 3.05) is 18.8 Å². The number of hydrogen-bond donors (Lipinski definition) is 2. The van der Waals surface area contributed by atoms with Crippen LogP contribution in [0.4, 0.5) is 5.69 Å². The molecule has 2 aromatic carbocycles. The van der Waals surface area contributed by atoms with Gasteiger partial charge in [0.05, 0.1) is 6.07 Å². The second kappa shape index (κ2) is 8.16. The lowest BCUT2D eigenvalue weighted by molar-refractivity contribution is 0.366. The summed E-state index contributed by atoms with van der Waals surface area (Å²) in [7, 11) is -4.92. The molecule has 0 radical (unpaired) electrons. The average Bonchev–Trinajstić information content (AvgIpc) is 2.67. The fraction of sp³-hybridized carbons (Fsp3) is 0.200. The van der Waals surface area contributed by atoms with Crippen molar-refractivity contribution in [1.29, 1.82) is 0 Å². The van der Waals surface area contributed by atoms with Gasteiger partial charge >= 0.3 is 0 Å². The molecule has 0 saturated heterocycles. The van der Waals surface area contributed by atoms with E-state index in [1.54, 1.807) is 0 Å². The van der Waals surface area contributed by atoms with E-state index in [9.17, 15) is 0 Å². The van der Waals surface area contributed by atoms with Crippen molar-refractivity contribution in [1.82, 2.24) is 9.56 Å². The Kier molecular flexibility index (Phi) is 5.83. The number of hydrogen-bond acceptors (Lipinski definition) is 6. The fourth-order valence-corrected chi connectivity index (χ4v) is 3.26. The van der Waals surface area contributed by atoms with Gasteiger partial charge in [0.15, 0.2) is 11.3 Å². The zero-order chi connectivity index (χ0) is 21.2. The summed E-state index contributed by atoms with van der Waals surface area (Å²) in [5.74, 6) is 0.779. The number of nitrogen functional groups attached to an aromatic ring is 1. The minimum Gasteiger partial charge on any atom is -0.726 e. The average molecular weight is 415 g/mol. The second-order valence-electron chi connectivity index (χ2n) is 6.32. The normalized spacial score (nSPS) is 11.4. The molecule has 0 fully saturated rings. The Morgan fingerprint density at radius 2 is 1.72 bits per heavy atom. The van der Waals surface area contributed by atoms with Crippen molar-refractivity contribution in [3.63, 3.8) is 0 Å². The van der Waals surface area contributed by atoms with Gasteiger partial charge in [-0.2, -0.15) is 0 Å². The summed E-state index contributed by atoms with van der Waals surface area (Å²) in [6.07, 6.45) is 0. The predicted molar refractivity (Wildman–Crippen MR) is 111 cm³/mol. The monoisotopic (exact) mass is 415 g/mol. The van der Waals surface area contributed by atoms with Crippen LogP contribution in [0.5, 0.6) is 0 Å². The van der Waals surface area contributed by atoms with Crippen LogP contribution in [-0.4, -0.2) is 35.6 Å². The molecule has 0 amide bonds. The standard InChI is InChI=1S/C20H19N3O.H2O4S/c1-3-23(4-2)13-9-10-17-18(11-13)24-19-12-16(21)14-7-5-6-8-15(14)20(19)22-17;1-5(2,3)4/h5-12,21H,3-4H2,1-2H3;(H2,1,2,3,4). The zero-order valence-electron chi connectivity index (χ0n) is 16.0. The molecule has 2 aromatic rings. The van der Waals surface area contributed by atoms with Crippen molar-refractivity contribution in [3.05, 3.63) is 53.9 Å². The van der Waals surface area contributed by atoms with Crippen molar-refractivity contribution < 1.29 is 21.9 Å². The van der Waals surface area contributed by atoms with Gasteiger partial charge in [0.1, 0.15) is 24.3 Å². The second-order valence-corrected chi connectivity index (χ2v) is 7.18. The molecule has 0 aromatic heterocycles. The summed E-state index contributed by atoms with van der Waals surface area (Å²) < 4.78 is 41.3. The van der Waals surface area contributed by atoms with Crippen molar-refractivity contribution >= 4 is 38.0 Å². The van der Waals surface area contributed by atoms with Gasteiger partial charge in [-0.25, -0.2) is 18.0 Å². The lowest BCUT2D eigenvalue weighted by atomic mass is 10.1. The van der Waals surface area contributed by atoms with Gasteiger partial charge in [0.2, 0.25) is 15.8 Å². The number of rotatable bonds is 2. The molecule has 0 saturated carbocycles. The van der Waals surface area contributed by atoms with Crippen LogP contribution in [0.15, 0.2) is 52.9 Å². The van der Waals surface area contributed by atoms with E-state index in [0.717, 1.165) is 51.8 Å². The SMILES string of the molecule is CC[N+](CC)=c1ccc2nc3c(cc(N)c4ccccc43)oc-2c1.O=S(=O)([O-])O. The van der Waals surface area contributed by atoms with Crippen LogP contribution >= 0.6 is 0 Å². The molecule has 152 valence electrons. The Morgan fingerprint density at radius 1 is 1.10 bits per heavy atom. The highest BCUT2D eigenvalue weighted by molar-refractivity contribution is 7.79. The van der Waals surface area contributed by atoms with Crippen molar-refractivity contribution in [2.45, 2.75) is 13.8 Å². The maximum absolute atomic E-state index is 8.63. The van der Waals surface area contributed by atoms with Gasteiger partial charge in [-0.15, -0.1) is 0 Å². The Hall–Kier alpha value is -3.01. The molecule has 1 heterocycles. The summed E-state index contributed by atoms with van der Waals surface area (Å²) in [6.45, 7) is 6.22. The van der Waals surface area contributed by atoms with Crippen LogP contribution in [0.1, 0.15) is 13.8 Å². The number of nitrogens with two attached hydrogens (primary N) is 1. The van der Waals surface area contributed by atoms with E-state index >= 15 is 0 Å². The molecule has 0 bridgehead atoms. The number of fused-ring (bicyclic) bond motifs is 4. The smallest absolute Gasteiger partial charge is 0.215 e. The maximum atomic E-state index is 8.63. The highest BCUT2D eigenvalue weighted by Crippen LogP contribution is 2.32. The number of benzene rings is 3. The largest absolute Gasteiger partial charge is 0.726 e. The summed E-state index contributed by atoms with van der Waals surface area (Å²) >= 11 is 0. The number of anilines is 1. The first-order chi connectivity index (χ1) is 13.7. The van der Waals surface area contributed by atoms with E-state index in [0.29, 0.717) is 5.69 Å². The minimum absolute atomic E-state index is 0.711. The summed E-state index contributed by atoms with van der Waals surface area (Å²) in [4.78, 5) is 4.83. The molecule has 0 unspecified atom stereocenters. The predicted octanol–water partition coefficient (Wildman–Crippen LogP) is 2.48. The lowest BCUT2D eigenvalue weighted by Gasteiger charge is -2.10. The number of nitrogens with zero attached hydrogens (tertiary/aromatic N) is 2. The summed E-state index contributed by atoms with van der Waals surface area (Å²) in [6, 6.07) is 16.1. The molecule has 29 heavy (non-hydrogen) atoms. The molecular weight excluding hydrogens is 394 g/mol. The van der Waals surface area contributed by atoms with Crippen LogP contribution < -0.4 is 15.7 Å². The maximum Gasteiger partial charge on any atom is 0.215 e. The molecule has 2 aliphatic rings. The van der Waals surface area contributed by atoms with Crippen LogP contribution in [-0.2, 0) is 10.4 Å². The third kappa shape index (κ3) is 4.70. The molecule has 0 atom stereocenters. The molecule has 4 rings (SSSR count). The highest BCUT2D eigenvalue weighted by atomic mass is 32.3. The fourth-order valence-electron chi connectivity index (χ4n) is 3.26. The Bertz CT molecular complexity index is 1320.